The lowest BCUT2D eigenvalue weighted by Crippen LogP contribution is -2.06. The van der Waals surface area contributed by atoms with Gasteiger partial charge in [0, 0.05) is 12.1 Å². The van der Waals surface area contributed by atoms with E-state index in [4.69, 9.17) is 9.94 Å². The Morgan fingerprint density at radius 1 is 1.43 bits per heavy atom. The van der Waals surface area contributed by atoms with E-state index >= 15 is 0 Å². The third-order valence-corrected chi connectivity index (χ3v) is 1.81. The fraction of sp³-hybridized carbons (Fsp3) is 0.364. The molecule has 0 bridgehead atoms. The predicted molar refractivity (Wildman–Crippen MR) is 55.5 cm³/mol. The van der Waals surface area contributed by atoms with Gasteiger partial charge in [-0.15, -0.1) is 5.16 Å². The van der Waals surface area contributed by atoms with Gasteiger partial charge in [0.2, 0.25) is 0 Å². The molecule has 76 valence electrons. The summed E-state index contributed by atoms with van der Waals surface area (Å²) in [6.07, 6.45) is 1.46. The highest BCUT2D eigenvalue weighted by molar-refractivity contribution is 5.59. The summed E-state index contributed by atoms with van der Waals surface area (Å²) in [7, 11) is 0. The number of hydrogen-bond donors (Lipinski definition) is 1. The van der Waals surface area contributed by atoms with Gasteiger partial charge in [-0.3, -0.25) is 0 Å². The van der Waals surface area contributed by atoms with Crippen molar-refractivity contribution < 1.29 is 9.94 Å². The van der Waals surface area contributed by atoms with E-state index in [1.165, 1.54) is 6.21 Å². The van der Waals surface area contributed by atoms with Crippen molar-refractivity contribution in [3.8, 4) is 0 Å². The summed E-state index contributed by atoms with van der Waals surface area (Å²) in [6.45, 7) is 3.11. The molecule has 0 aliphatic carbocycles. The maximum Gasteiger partial charge on any atom is 0.0717 e. The largest absolute Gasteiger partial charge is 0.411 e. The number of hydrogen-bond acceptors (Lipinski definition) is 3. The quantitative estimate of drug-likeness (QED) is 0.443. The van der Waals surface area contributed by atoms with Crippen LogP contribution < -0.4 is 0 Å². The summed E-state index contributed by atoms with van der Waals surface area (Å²) in [4.78, 5) is 0. The lowest BCUT2D eigenvalue weighted by molar-refractivity contribution is 0.108. The monoisotopic (exact) mass is 193 g/mol. The van der Waals surface area contributed by atoms with E-state index in [0.29, 0.717) is 13.2 Å². The van der Waals surface area contributed by atoms with E-state index in [1.54, 1.807) is 0 Å². The summed E-state index contributed by atoms with van der Waals surface area (Å²) >= 11 is 0. The van der Waals surface area contributed by atoms with E-state index in [0.717, 1.165) is 5.56 Å². The number of benzene rings is 1. The van der Waals surface area contributed by atoms with E-state index < -0.39 is 0 Å². The Kier molecular flexibility index (Phi) is 4.72. The molecule has 1 unspecified atom stereocenters. The summed E-state index contributed by atoms with van der Waals surface area (Å²) in [6, 6.07) is 9.98. The van der Waals surface area contributed by atoms with Crippen LogP contribution in [0.5, 0.6) is 0 Å². The number of ether oxygens (including phenoxy) is 1. The van der Waals surface area contributed by atoms with Crippen molar-refractivity contribution in [1.82, 2.24) is 0 Å². The molecule has 3 heteroatoms. The summed E-state index contributed by atoms with van der Waals surface area (Å²) in [5, 5.41) is 11.2. The molecule has 0 aliphatic rings. The minimum Gasteiger partial charge on any atom is -0.411 e. The van der Waals surface area contributed by atoms with E-state index in [2.05, 4.69) is 5.16 Å². The molecule has 0 heterocycles. The molecule has 0 radical (unpaired) electrons. The van der Waals surface area contributed by atoms with E-state index in [-0.39, 0.29) is 5.92 Å². The van der Waals surface area contributed by atoms with Gasteiger partial charge >= 0.3 is 0 Å². The van der Waals surface area contributed by atoms with Crippen LogP contribution in [0.2, 0.25) is 0 Å². The van der Waals surface area contributed by atoms with Gasteiger partial charge in [-0.25, -0.2) is 0 Å². The van der Waals surface area contributed by atoms with E-state index in [1.807, 2.05) is 37.3 Å². The Hall–Kier alpha value is -1.35. The second-order valence-corrected chi connectivity index (χ2v) is 3.24. The predicted octanol–water partition coefficient (Wildman–Crippen LogP) is 2.30. The Morgan fingerprint density at radius 3 is 2.79 bits per heavy atom. The van der Waals surface area contributed by atoms with Crippen molar-refractivity contribution in [1.29, 1.82) is 0 Å². The Balaban J connectivity index is 2.22. The van der Waals surface area contributed by atoms with Crippen LogP contribution in [-0.4, -0.2) is 18.0 Å². The topological polar surface area (TPSA) is 41.8 Å². The Morgan fingerprint density at radius 2 is 2.14 bits per heavy atom. The molecule has 0 fully saturated rings. The first kappa shape index (κ1) is 10.7. The fourth-order valence-electron chi connectivity index (χ4n) is 1.09. The highest BCUT2D eigenvalue weighted by atomic mass is 16.5. The lowest BCUT2D eigenvalue weighted by Gasteiger charge is -2.06. The van der Waals surface area contributed by atoms with Crippen molar-refractivity contribution in [3.63, 3.8) is 0 Å². The number of nitrogens with zero attached hydrogens (tertiary/aromatic N) is 1. The van der Waals surface area contributed by atoms with Crippen LogP contribution in [0.3, 0.4) is 0 Å². The van der Waals surface area contributed by atoms with Crippen LogP contribution in [-0.2, 0) is 11.3 Å². The first-order chi connectivity index (χ1) is 6.83. The third kappa shape index (κ3) is 4.05. The summed E-state index contributed by atoms with van der Waals surface area (Å²) in [5.41, 5.74) is 1.15. The van der Waals surface area contributed by atoms with Crippen LogP contribution in [0.4, 0.5) is 0 Å². The molecule has 1 N–H and O–H groups in total. The first-order valence-electron chi connectivity index (χ1n) is 4.62. The maximum absolute atomic E-state index is 8.27. The minimum absolute atomic E-state index is 0.142. The van der Waals surface area contributed by atoms with Crippen molar-refractivity contribution in [2.24, 2.45) is 11.1 Å². The van der Waals surface area contributed by atoms with Crippen LogP contribution in [0.15, 0.2) is 35.5 Å². The molecule has 3 nitrogen and oxygen atoms in total. The molecule has 0 saturated carbocycles. The van der Waals surface area contributed by atoms with Gasteiger partial charge in [0.15, 0.2) is 0 Å². The molecule has 1 rings (SSSR count). The molecule has 1 aromatic carbocycles. The normalized spacial score (nSPS) is 13.2. The van der Waals surface area contributed by atoms with Crippen LogP contribution in [0.1, 0.15) is 12.5 Å². The van der Waals surface area contributed by atoms with E-state index in [9.17, 15) is 0 Å². The van der Waals surface area contributed by atoms with Crippen molar-refractivity contribution in [2.45, 2.75) is 13.5 Å². The molecular formula is C11H15NO2. The van der Waals surface area contributed by atoms with Gasteiger partial charge in [0.1, 0.15) is 0 Å². The molecule has 1 aromatic rings. The maximum atomic E-state index is 8.27. The zero-order valence-corrected chi connectivity index (χ0v) is 8.26. The summed E-state index contributed by atoms with van der Waals surface area (Å²) < 4.78 is 5.43. The van der Waals surface area contributed by atoms with Crippen LogP contribution in [0, 0.1) is 5.92 Å². The second-order valence-electron chi connectivity index (χ2n) is 3.24. The minimum atomic E-state index is 0.142. The zero-order chi connectivity index (χ0) is 10.2. The highest BCUT2D eigenvalue weighted by Gasteiger charge is 1.98. The van der Waals surface area contributed by atoms with Gasteiger partial charge in [0.25, 0.3) is 0 Å². The average molecular weight is 193 g/mol. The summed E-state index contributed by atoms with van der Waals surface area (Å²) in [5.74, 6) is 0.142. The Bertz CT molecular complexity index is 272. The third-order valence-electron chi connectivity index (χ3n) is 1.81. The SMILES string of the molecule is CC(/C=N/O)COCc1ccccc1. The second kappa shape index (κ2) is 6.16. The van der Waals surface area contributed by atoms with Gasteiger partial charge in [-0.1, -0.05) is 37.3 Å². The van der Waals surface area contributed by atoms with Gasteiger partial charge in [-0.2, -0.15) is 0 Å². The van der Waals surface area contributed by atoms with Gasteiger partial charge < -0.3 is 9.94 Å². The van der Waals surface area contributed by atoms with Crippen molar-refractivity contribution >= 4 is 6.21 Å². The number of oxime groups is 1. The molecule has 0 aliphatic heterocycles. The molecule has 0 saturated heterocycles. The smallest absolute Gasteiger partial charge is 0.0717 e. The zero-order valence-electron chi connectivity index (χ0n) is 8.26. The van der Waals surface area contributed by atoms with Gasteiger partial charge in [-0.05, 0) is 5.56 Å². The number of rotatable bonds is 5. The molecule has 0 spiro atoms. The fourth-order valence-corrected chi connectivity index (χ4v) is 1.09. The first-order valence-corrected chi connectivity index (χ1v) is 4.62. The molecular weight excluding hydrogens is 178 g/mol. The van der Waals surface area contributed by atoms with Crippen LogP contribution >= 0.6 is 0 Å². The molecule has 14 heavy (non-hydrogen) atoms. The van der Waals surface area contributed by atoms with Crippen molar-refractivity contribution in [2.75, 3.05) is 6.61 Å². The highest BCUT2D eigenvalue weighted by Crippen LogP contribution is 2.02. The van der Waals surface area contributed by atoms with Crippen LogP contribution in [0.25, 0.3) is 0 Å². The lowest BCUT2D eigenvalue weighted by atomic mass is 10.2. The molecule has 0 amide bonds. The van der Waals surface area contributed by atoms with Gasteiger partial charge in [0.05, 0.1) is 13.2 Å². The average Bonchev–Trinajstić information content (AvgIpc) is 2.20. The van der Waals surface area contributed by atoms with Crippen molar-refractivity contribution in [3.05, 3.63) is 35.9 Å². The molecule has 0 aromatic heterocycles. The molecule has 1 atom stereocenters. The standard InChI is InChI=1S/C11H15NO2/c1-10(7-12-13)8-14-9-11-5-3-2-4-6-11/h2-7,10,13H,8-9H2,1H3/b12-7+. The Labute approximate surface area is 84.0 Å².